The summed E-state index contributed by atoms with van der Waals surface area (Å²) in [5.74, 6) is -0.834. The van der Waals surface area contributed by atoms with E-state index in [2.05, 4.69) is 0 Å². The summed E-state index contributed by atoms with van der Waals surface area (Å²) in [4.78, 5) is 12.5. The van der Waals surface area contributed by atoms with E-state index in [1.807, 2.05) is 24.3 Å². The lowest BCUT2D eigenvalue weighted by Gasteiger charge is -2.13. The number of para-hydroxylation sites is 1. The minimum atomic E-state index is -1.82. The fourth-order valence-electron chi connectivity index (χ4n) is 3.30. The number of benzene rings is 2. The first-order valence-corrected chi connectivity index (χ1v) is 8.78. The molecule has 0 amide bonds. The average Bonchev–Trinajstić information content (AvgIpc) is 3.20. The highest BCUT2D eigenvalue weighted by Crippen LogP contribution is 2.60. The van der Waals surface area contributed by atoms with E-state index < -0.39 is 35.4 Å². The molecule has 0 bridgehead atoms. The zero-order chi connectivity index (χ0) is 20.3. The Labute approximate surface area is 162 Å². The van der Waals surface area contributed by atoms with Gasteiger partial charge in [0.25, 0.3) is 6.08 Å². The van der Waals surface area contributed by atoms with Crippen molar-refractivity contribution in [3.05, 3.63) is 72.3 Å². The van der Waals surface area contributed by atoms with Crippen molar-refractivity contribution in [2.75, 3.05) is 0 Å². The minimum absolute atomic E-state index is 0.450. The van der Waals surface area contributed by atoms with Crippen LogP contribution in [0.5, 0.6) is 11.5 Å². The van der Waals surface area contributed by atoms with E-state index in [0.717, 1.165) is 6.08 Å². The maximum atomic E-state index is 12.6. The second-order valence-electron chi connectivity index (χ2n) is 7.21. The number of carbonyl (C=O) groups excluding carboxylic acids is 1. The molecule has 1 aliphatic carbocycles. The number of nitrogens with zero attached hydrogens (tertiary/aromatic N) is 1. The van der Waals surface area contributed by atoms with Crippen LogP contribution in [0.25, 0.3) is 0 Å². The van der Waals surface area contributed by atoms with Crippen LogP contribution in [-0.4, -0.2) is 5.97 Å². The Kier molecular flexibility index (Phi) is 5.46. The van der Waals surface area contributed by atoms with Gasteiger partial charge in [-0.1, -0.05) is 44.2 Å². The van der Waals surface area contributed by atoms with E-state index in [9.17, 15) is 18.8 Å². The third kappa shape index (κ3) is 4.20. The van der Waals surface area contributed by atoms with Gasteiger partial charge in [-0.05, 0) is 35.8 Å². The molecule has 0 saturated heterocycles. The summed E-state index contributed by atoms with van der Waals surface area (Å²) in [6.45, 7) is 3.44. The summed E-state index contributed by atoms with van der Waals surface area (Å²) < 4.78 is 36.2. The lowest BCUT2D eigenvalue weighted by atomic mass is 10.1. The van der Waals surface area contributed by atoms with Crippen molar-refractivity contribution >= 4 is 5.97 Å². The highest BCUT2D eigenvalue weighted by molar-refractivity contribution is 5.78. The van der Waals surface area contributed by atoms with Crippen molar-refractivity contribution in [3.8, 4) is 17.6 Å². The summed E-state index contributed by atoms with van der Waals surface area (Å²) in [6.07, 6.45) is -2.19. The van der Waals surface area contributed by atoms with Crippen LogP contribution in [0.3, 0.4) is 0 Å². The molecular weight excluding hydrogens is 364 g/mol. The highest BCUT2D eigenvalue weighted by atomic mass is 19.3. The smallest absolute Gasteiger partial charge is 0.311 e. The van der Waals surface area contributed by atoms with Crippen LogP contribution >= 0.6 is 0 Å². The Balaban J connectivity index is 1.72. The van der Waals surface area contributed by atoms with Gasteiger partial charge in [-0.3, -0.25) is 4.79 Å². The van der Waals surface area contributed by atoms with Gasteiger partial charge < -0.3 is 9.47 Å². The maximum absolute atomic E-state index is 12.6. The van der Waals surface area contributed by atoms with Crippen molar-refractivity contribution in [1.29, 1.82) is 5.26 Å². The Morgan fingerprint density at radius 1 is 1.14 bits per heavy atom. The van der Waals surface area contributed by atoms with Gasteiger partial charge in [0.05, 0.1) is 5.92 Å². The van der Waals surface area contributed by atoms with Crippen molar-refractivity contribution in [2.45, 2.75) is 20.0 Å². The van der Waals surface area contributed by atoms with Crippen molar-refractivity contribution in [2.24, 2.45) is 17.3 Å². The molecule has 0 radical (unpaired) electrons. The molecule has 0 aliphatic heterocycles. The summed E-state index contributed by atoms with van der Waals surface area (Å²) in [7, 11) is 0. The molecule has 1 saturated carbocycles. The van der Waals surface area contributed by atoms with Crippen molar-refractivity contribution in [3.63, 3.8) is 0 Å². The van der Waals surface area contributed by atoms with Crippen LogP contribution in [0.2, 0.25) is 0 Å². The number of halogens is 2. The standard InChI is InChI=1S/C22H19F2NO3/c1-22(2)17(12-19(23)24)20(22)21(26)28-18(13-25)14-7-6-10-16(11-14)27-15-8-4-3-5-9-15/h3-12,17-18,20H,1-2H3. The van der Waals surface area contributed by atoms with Crippen LogP contribution in [0.4, 0.5) is 8.78 Å². The van der Waals surface area contributed by atoms with Crippen molar-refractivity contribution in [1.82, 2.24) is 0 Å². The summed E-state index contributed by atoms with van der Waals surface area (Å²) in [5, 5.41) is 9.45. The molecule has 3 unspecified atom stereocenters. The second kappa shape index (κ2) is 7.81. The van der Waals surface area contributed by atoms with Crippen molar-refractivity contribution < 1.29 is 23.0 Å². The van der Waals surface area contributed by atoms with Crippen LogP contribution in [0, 0.1) is 28.6 Å². The molecule has 0 N–H and O–H groups in total. The maximum Gasteiger partial charge on any atom is 0.311 e. The molecule has 3 atom stereocenters. The van der Waals surface area contributed by atoms with Gasteiger partial charge in [-0.15, -0.1) is 0 Å². The fraction of sp³-hybridized carbons (Fsp3) is 0.273. The minimum Gasteiger partial charge on any atom is -0.457 e. The number of nitriles is 1. The Hall–Kier alpha value is -3.20. The van der Waals surface area contributed by atoms with Gasteiger partial charge >= 0.3 is 5.97 Å². The summed E-state index contributed by atoms with van der Waals surface area (Å²) in [5.41, 5.74) is -0.176. The predicted octanol–water partition coefficient (Wildman–Crippen LogP) is 5.64. The summed E-state index contributed by atoms with van der Waals surface area (Å²) >= 11 is 0. The van der Waals surface area contributed by atoms with Gasteiger partial charge in [-0.25, -0.2) is 0 Å². The predicted molar refractivity (Wildman–Crippen MR) is 98.5 cm³/mol. The van der Waals surface area contributed by atoms with E-state index >= 15 is 0 Å². The normalized spacial score (nSPS) is 20.4. The van der Waals surface area contributed by atoms with Gasteiger partial charge in [0.15, 0.2) is 0 Å². The van der Waals surface area contributed by atoms with E-state index in [1.165, 1.54) is 0 Å². The van der Waals surface area contributed by atoms with Crippen LogP contribution < -0.4 is 4.74 Å². The molecule has 2 aromatic carbocycles. The molecule has 28 heavy (non-hydrogen) atoms. The van der Waals surface area contributed by atoms with Gasteiger partial charge in [0, 0.05) is 11.5 Å². The number of rotatable bonds is 6. The first-order valence-electron chi connectivity index (χ1n) is 8.78. The lowest BCUT2D eigenvalue weighted by molar-refractivity contribution is -0.149. The average molecular weight is 383 g/mol. The molecule has 0 spiro atoms. The number of esters is 1. The first-order chi connectivity index (χ1) is 13.3. The molecule has 4 nitrogen and oxygen atoms in total. The van der Waals surface area contributed by atoms with E-state index in [4.69, 9.17) is 9.47 Å². The molecule has 3 rings (SSSR count). The second-order valence-corrected chi connectivity index (χ2v) is 7.21. The largest absolute Gasteiger partial charge is 0.457 e. The topological polar surface area (TPSA) is 59.3 Å². The number of carbonyl (C=O) groups is 1. The quantitative estimate of drug-likeness (QED) is 0.606. The Morgan fingerprint density at radius 3 is 2.46 bits per heavy atom. The fourth-order valence-corrected chi connectivity index (χ4v) is 3.30. The number of ether oxygens (including phenoxy) is 2. The monoisotopic (exact) mass is 383 g/mol. The zero-order valence-corrected chi connectivity index (χ0v) is 15.4. The SMILES string of the molecule is CC1(C)C(C=C(F)F)C1C(=O)OC(C#N)c1cccc(Oc2ccccc2)c1. The molecular formula is C22H19F2NO3. The van der Waals surface area contributed by atoms with Crippen LogP contribution in [0.1, 0.15) is 25.5 Å². The molecule has 0 heterocycles. The lowest BCUT2D eigenvalue weighted by Crippen LogP contribution is -2.14. The van der Waals surface area contributed by atoms with Gasteiger partial charge in [-0.2, -0.15) is 14.0 Å². The number of hydrogen-bond donors (Lipinski definition) is 0. The molecule has 1 aliphatic rings. The third-order valence-corrected chi connectivity index (χ3v) is 4.96. The van der Waals surface area contributed by atoms with E-state index in [0.29, 0.717) is 17.1 Å². The summed E-state index contributed by atoms with van der Waals surface area (Å²) in [6, 6.07) is 17.7. The van der Waals surface area contributed by atoms with Gasteiger partial charge in [0.2, 0.25) is 6.10 Å². The molecule has 1 fully saturated rings. The Morgan fingerprint density at radius 2 is 1.82 bits per heavy atom. The number of allylic oxidation sites excluding steroid dienone is 1. The molecule has 2 aromatic rings. The molecule has 0 aromatic heterocycles. The molecule has 144 valence electrons. The number of hydrogen-bond acceptors (Lipinski definition) is 4. The van der Waals surface area contributed by atoms with Crippen LogP contribution in [0.15, 0.2) is 66.8 Å². The zero-order valence-electron chi connectivity index (χ0n) is 15.4. The van der Waals surface area contributed by atoms with E-state index in [1.54, 1.807) is 50.2 Å². The first kappa shape index (κ1) is 19.6. The van der Waals surface area contributed by atoms with E-state index in [-0.39, 0.29) is 0 Å². The third-order valence-electron chi connectivity index (χ3n) is 4.96. The molecule has 6 heteroatoms. The Bertz CT molecular complexity index is 930. The van der Waals surface area contributed by atoms with Crippen LogP contribution in [-0.2, 0) is 9.53 Å². The van der Waals surface area contributed by atoms with Gasteiger partial charge in [0.1, 0.15) is 17.6 Å². The highest BCUT2D eigenvalue weighted by Gasteiger charge is 2.62.